The maximum Gasteiger partial charge on any atom is 0.323 e. The molecule has 8 nitrogen and oxygen atoms in total. The summed E-state index contributed by atoms with van der Waals surface area (Å²) in [5.41, 5.74) is -0.130. The van der Waals surface area contributed by atoms with Gasteiger partial charge in [-0.05, 0) is 6.07 Å². The lowest BCUT2D eigenvalue weighted by atomic mass is 10.3. The van der Waals surface area contributed by atoms with Gasteiger partial charge in [0.05, 0.1) is 6.54 Å². The lowest BCUT2D eigenvalue weighted by Gasteiger charge is -2.15. The lowest BCUT2D eigenvalue weighted by molar-refractivity contribution is 0.0765. The second-order valence-electron chi connectivity index (χ2n) is 4.50. The van der Waals surface area contributed by atoms with Crippen molar-refractivity contribution in [2.24, 2.45) is 0 Å². The third kappa shape index (κ3) is 2.53. The molecule has 1 unspecified atom stereocenters. The molecule has 3 rings (SSSR count). The van der Waals surface area contributed by atoms with Gasteiger partial charge in [0.2, 0.25) is 5.88 Å². The SMILES string of the molecule is O=C(c1c[nH]c(=O)[nH]1)N1CCC(Oc2cccnn2)C1. The van der Waals surface area contributed by atoms with Crippen LogP contribution >= 0.6 is 0 Å². The van der Waals surface area contributed by atoms with Crippen LogP contribution in [0.4, 0.5) is 0 Å². The van der Waals surface area contributed by atoms with Gasteiger partial charge >= 0.3 is 5.69 Å². The topological polar surface area (TPSA) is 104 Å². The average molecular weight is 275 g/mol. The molecule has 1 atom stereocenters. The second-order valence-corrected chi connectivity index (χ2v) is 4.50. The zero-order valence-electron chi connectivity index (χ0n) is 10.6. The van der Waals surface area contributed by atoms with Crippen molar-refractivity contribution in [3.8, 4) is 5.88 Å². The summed E-state index contributed by atoms with van der Waals surface area (Å²) in [6.07, 6.45) is 3.55. The fraction of sp³-hybridized carbons (Fsp3) is 0.333. The number of aromatic nitrogens is 4. The summed E-state index contributed by atoms with van der Waals surface area (Å²) >= 11 is 0. The number of H-pyrrole nitrogens is 2. The van der Waals surface area contributed by atoms with Crippen molar-refractivity contribution in [3.05, 3.63) is 40.7 Å². The van der Waals surface area contributed by atoms with Crippen molar-refractivity contribution in [3.63, 3.8) is 0 Å². The van der Waals surface area contributed by atoms with E-state index in [4.69, 9.17) is 4.74 Å². The molecule has 0 aliphatic carbocycles. The first-order valence-corrected chi connectivity index (χ1v) is 6.24. The second kappa shape index (κ2) is 5.16. The molecule has 2 aromatic heterocycles. The number of aromatic amines is 2. The minimum Gasteiger partial charge on any atom is -0.471 e. The van der Waals surface area contributed by atoms with Crippen molar-refractivity contribution in [2.75, 3.05) is 13.1 Å². The van der Waals surface area contributed by atoms with Gasteiger partial charge in [0.1, 0.15) is 11.8 Å². The van der Waals surface area contributed by atoms with Gasteiger partial charge in [0.25, 0.3) is 5.91 Å². The van der Waals surface area contributed by atoms with Crippen molar-refractivity contribution in [1.29, 1.82) is 0 Å². The Bertz CT molecular complexity index is 650. The number of amides is 1. The van der Waals surface area contributed by atoms with Crippen LogP contribution in [-0.2, 0) is 0 Å². The lowest BCUT2D eigenvalue weighted by Crippen LogP contribution is -2.31. The Morgan fingerprint density at radius 2 is 2.40 bits per heavy atom. The zero-order valence-corrected chi connectivity index (χ0v) is 10.6. The summed E-state index contributed by atoms with van der Waals surface area (Å²) in [5.74, 6) is 0.232. The number of imidazole rings is 1. The molecular formula is C12H13N5O3. The van der Waals surface area contributed by atoms with Crippen LogP contribution in [0.25, 0.3) is 0 Å². The predicted molar refractivity (Wildman–Crippen MR) is 68.4 cm³/mol. The quantitative estimate of drug-likeness (QED) is 0.806. The van der Waals surface area contributed by atoms with Gasteiger partial charge in [-0.1, -0.05) is 0 Å². The largest absolute Gasteiger partial charge is 0.471 e. The number of nitrogens with one attached hydrogen (secondary N) is 2. The number of carbonyl (C=O) groups is 1. The van der Waals surface area contributed by atoms with Crippen LogP contribution in [0.15, 0.2) is 29.3 Å². The molecule has 0 bridgehead atoms. The van der Waals surface area contributed by atoms with E-state index in [1.54, 1.807) is 23.2 Å². The van der Waals surface area contributed by atoms with E-state index in [2.05, 4.69) is 20.2 Å². The van der Waals surface area contributed by atoms with Crippen LogP contribution in [0, 0.1) is 0 Å². The Labute approximate surface area is 113 Å². The van der Waals surface area contributed by atoms with E-state index >= 15 is 0 Å². The molecule has 2 aromatic rings. The molecule has 1 aliphatic heterocycles. The van der Waals surface area contributed by atoms with Crippen LogP contribution in [0.1, 0.15) is 16.9 Å². The molecular weight excluding hydrogens is 262 g/mol. The van der Waals surface area contributed by atoms with Gasteiger partial charge in [-0.25, -0.2) is 4.79 Å². The van der Waals surface area contributed by atoms with E-state index < -0.39 is 0 Å². The van der Waals surface area contributed by atoms with Gasteiger partial charge in [-0.15, -0.1) is 5.10 Å². The third-order valence-corrected chi connectivity index (χ3v) is 3.09. The van der Waals surface area contributed by atoms with Crippen molar-refractivity contribution < 1.29 is 9.53 Å². The zero-order chi connectivity index (χ0) is 13.9. The van der Waals surface area contributed by atoms with E-state index in [0.717, 1.165) is 6.42 Å². The highest BCUT2D eigenvalue weighted by atomic mass is 16.5. The van der Waals surface area contributed by atoms with Gasteiger partial charge in [0, 0.05) is 31.4 Å². The normalized spacial score (nSPS) is 18.2. The molecule has 1 amide bonds. The molecule has 1 fully saturated rings. The van der Waals surface area contributed by atoms with Crippen LogP contribution in [0.5, 0.6) is 5.88 Å². The Morgan fingerprint density at radius 1 is 1.50 bits per heavy atom. The van der Waals surface area contributed by atoms with Crippen LogP contribution in [-0.4, -0.2) is 50.2 Å². The van der Waals surface area contributed by atoms with Gasteiger partial charge < -0.3 is 19.6 Å². The Morgan fingerprint density at radius 3 is 3.10 bits per heavy atom. The van der Waals surface area contributed by atoms with E-state index in [1.807, 2.05) is 0 Å². The van der Waals surface area contributed by atoms with Gasteiger partial charge in [-0.3, -0.25) is 4.79 Å². The first kappa shape index (κ1) is 12.4. The molecule has 104 valence electrons. The summed E-state index contributed by atoms with van der Waals surface area (Å²) in [5, 5.41) is 7.58. The van der Waals surface area contributed by atoms with E-state index in [-0.39, 0.29) is 23.4 Å². The summed E-state index contributed by atoms with van der Waals surface area (Å²) in [6, 6.07) is 3.46. The standard InChI is InChI=1S/C12H13N5O3/c18-11(9-6-13-12(19)15-9)17-5-3-8(7-17)20-10-2-1-4-14-16-10/h1-2,4,6,8H,3,5,7H2,(H2,13,15,19). The number of hydrogen-bond donors (Lipinski definition) is 2. The molecule has 3 heterocycles. The number of likely N-dealkylation sites (tertiary alicyclic amines) is 1. The molecule has 20 heavy (non-hydrogen) atoms. The molecule has 8 heteroatoms. The highest BCUT2D eigenvalue weighted by Gasteiger charge is 2.29. The predicted octanol–water partition coefficient (Wildman–Crippen LogP) is -0.214. The van der Waals surface area contributed by atoms with Gasteiger partial charge in [-0.2, -0.15) is 5.10 Å². The number of hydrogen-bond acceptors (Lipinski definition) is 5. The average Bonchev–Trinajstić information content (AvgIpc) is 3.08. The fourth-order valence-corrected chi connectivity index (χ4v) is 2.15. The Balaban J connectivity index is 1.62. The Kier molecular flexibility index (Phi) is 3.20. The molecule has 0 aromatic carbocycles. The third-order valence-electron chi connectivity index (χ3n) is 3.09. The molecule has 0 radical (unpaired) electrons. The molecule has 1 saturated heterocycles. The summed E-state index contributed by atoms with van der Waals surface area (Å²) in [7, 11) is 0. The monoisotopic (exact) mass is 275 g/mol. The minimum absolute atomic E-state index is 0.110. The fourth-order valence-electron chi connectivity index (χ4n) is 2.15. The van der Waals surface area contributed by atoms with E-state index in [0.29, 0.717) is 19.0 Å². The van der Waals surface area contributed by atoms with Gasteiger partial charge in [0.15, 0.2) is 0 Å². The van der Waals surface area contributed by atoms with Crippen molar-refractivity contribution in [2.45, 2.75) is 12.5 Å². The number of ether oxygens (including phenoxy) is 1. The summed E-state index contributed by atoms with van der Waals surface area (Å²) < 4.78 is 5.65. The number of nitrogens with zero attached hydrogens (tertiary/aromatic N) is 3. The van der Waals surface area contributed by atoms with Crippen LogP contribution in [0.3, 0.4) is 0 Å². The number of rotatable bonds is 3. The summed E-state index contributed by atoms with van der Waals surface area (Å²) in [4.78, 5) is 29.6. The maximum atomic E-state index is 12.1. The molecule has 0 spiro atoms. The van der Waals surface area contributed by atoms with E-state index in [9.17, 15) is 9.59 Å². The maximum absolute atomic E-state index is 12.1. The molecule has 2 N–H and O–H groups in total. The highest BCUT2D eigenvalue weighted by molar-refractivity contribution is 5.92. The number of carbonyl (C=O) groups excluding carboxylic acids is 1. The van der Waals surface area contributed by atoms with Crippen molar-refractivity contribution in [1.82, 2.24) is 25.1 Å². The Hall–Kier alpha value is -2.64. The first-order chi connectivity index (χ1) is 9.72. The van der Waals surface area contributed by atoms with Crippen molar-refractivity contribution >= 4 is 5.91 Å². The smallest absolute Gasteiger partial charge is 0.323 e. The molecule has 1 aliphatic rings. The minimum atomic E-state index is -0.389. The first-order valence-electron chi connectivity index (χ1n) is 6.24. The highest BCUT2D eigenvalue weighted by Crippen LogP contribution is 2.17. The van der Waals surface area contributed by atoms with Crippen LogP contribution in [0.2, 0.25) is 0 Å². The molecule has 0 saturated carbocycles. The van der Waals surface area contributed by atoms with Crippen LogP contribution < -0.4 is 10.4 Å². The van der Waals surface area contributed by atoms with E-state index in [1.165, 1.54) is 6.20 Å². The summed E-state index contributed by atoms with van der Waals surface area (Å²) in [6.45, 7) is 1.04.